The number of halogens is 1. The van der Waals surface area contributed by atoms with Gasteiger partial charge in [-0.05, 0) is 18.6 Å². The topological polar surface area (TPSA) is 61.2 Å². The Morgan fingerprint density at radius 3 is 2.90 bits per heavy atom. The van der Waals surface area contributed by atoms with Crippen LogP contribution in [0.1, 0.15) is 12.2 Å². The van der Waals surface area contributed by atoms with Crippen molar-refractivity contribution in [1.82, 2.24) is 9.55 Å². The Hall–Kier alpha value is -1.11. The molecule has 0 N–H and O–H groups in total. The smallest absolute Gasteiger partial charge is 0.177 e. The fourth-order valence-corrected chi connectivity index (χ4v) is 3.79. The third-order valence-corrected chi connectivity index (χ3v) is 5.17. The Morgan fingerprint density at radius 2 is 2.29 bits per heavy atom. The van der Waals surface area contributed by atoms with Crippen LogP contribution in [0.3, 0.4) is 0 Å². The van der Waals surface area contributed by atoms with Gasteiger partial charge in [-0.2, -0.15) is 0 Å². The van der Waals surface area contributed by atoms with Crippen molar-refractivity contribution in [3.63, 3.8) is 0 Å². The van der Waals surface area contributed by atoms with Crippen LogP contribution in [0.15, 0.2) is 23.1 Å². The highest BCUT2D eigenvalue weighted by atomic mass is 35.5. The maximum Gasteiger partial charge on any atom is 0.177 e. The average Bonchev–Trinajstić information content (AvgIpc) is 3.05. The number of ether oxygens (including phenoxy) is 1. The molecular formula is C14H17ClN2O3S. The molecule has 1 saturated heterocycles. The van der Waals surface area contributed by atoms with Crippen molar-refractivity contribution in [1.29, 1.82) is 0 Å². The van der Waals surface area contributed by atoms with Crippen LogP contribution in [0, 0.1) is 5.92 Å². The molecule has 0 spiro atoms. The van der Waals surface area contributed by atoms with E-state index in [1.54, 1.807) is 12.1 Å². The first-order valence-corrected chi connectivity index (χ1v) is 9.25. The lowest BCUT2D eigenvalue weighted by Crippen LogP contribution is -2.12. The van der Waals surface area contributed by atoms with Gasteiger partial charge < -0.3 is 9.30 Å². The van der Waals surface area contributed by atoms with Crippen LogP contribution in [-0.2, 0) is 27.0 Å². The maximum absolute atomic E-state index is 11.9. The molecule has 0 aliphatic carbocycles. The van der Waals surface area contributed by atoms with E-state index in [-0.39, 0.29) is 10.8 Å². The SMILES string of the molecule is CS(=O)(=O)c1cccc2c1nc(CCl)n2CC1CCOC1. The van der Waals surface area contributed by atoms with E-state index in [9.17, 15) is 8.42 Å². The van der Waals surface area contributed by atoms with Gasteiger partial charge >= 0.3 is 0 Å². The molecule has 2 heterocycles. The van der Waals surface area contributed by atoms with Crippen LogP contribution in [0.4, 0.5) is 0 Å². The average molecular weight is 329 g/mol. The standard InChI is InChI=1S/C14H17ClN2O3S/c1-21(18,19)12-4-2-3-11-14(12)16-13(7-15)17(11)8-10-5-6-20-9-10/h2-4,10H,5-9H2,1H3. The Bertz CT molecular complexity index is 764. The minimum absolute atomic E-state index is 0.255. The molecule has 1 aromatic heterocycles. The Kier molecular flexibility index (Phi) is 3.94. The molecule has 1 unspecified atom stereocenters. The van der Waals surface area contributed by atoms with Gasteiger partial charge in [0, 0.05) is 25.3 Å². The number of fused-ring (bicyclic) bond motifs is 1. The fourth-order valence-electron chi connectivity index (χ4n) is 2.76. The molecule has 114 valence electrons. The van der Waals surface area contributed by atoms with E-state index in [2.05, 4.69) is 4.98 Å². The van der Waals surface area contributed by atoms with E-state index in [0.717, 1.165) is 31.7 Å². The lowest BCUT2D eigenvalue weighted by Gasteiger charge is -2.12. The van der Waals surface area contributed by atoms with Crippen molar-refractivity contribution < 1.29 is 13.2 Å². The van der Waals surface area contributed by atoms with E-state index < -0.39 is 9.84 Å². The highest BCUT2D eigenvalue weighted by Crippen LogP contribution is 2.26. The largest absolute Gasteiger partial charge is 0.381 e. The lowest BCUT2D eigenvalue weighted by molar-refractivity contribution is 0.182. The van der Waals surface area contributed by atoms with Gasteiger partial charge in [0.1, 0.15) is 11.3 Å². The zero-order valence-corrected chi connectivity index (χ0v) is 13.3. The van der Waals surface area contributed by atoms with Crippen molar-refractivity contribution in [3.05, 3.63) is 24.0 Å². The summed E-state index contributed by atoms with van der Waals surface area (Å²) in [6.07, 6.45) is 2.21. The third-order valence-electron chi connectivity index (χ3n) is 3.80. The molecule has 0 bridgehead atoms. The summed E-state index contributed by atoms with van der Waals surface area (Å²) in [5, 5.41) is 0. The molecule has 1 atom stereocenters. The van der Waals surface area contributed by atoms with Gasteiger partial charge in [0.2, 0.25) is 0 Å². The van der Waals surface area contributed by atoms with Gasteiger partial charge in [-0.25, -0.2) is 13.4 Å². The Labute approximate surface area is 128 Å². The fraction of sp³-hybridized carbons (Fsp3) is 0.500. The number of sulfone groups is 1. The first-order valence-electron chi connectivity index (χ1n) is 6.82. The van der Waals surface area contributed by atoms with Crippen molar-refractivity contribution in [2.45, 2.75) is 23.7 Å². The van der Waals surface area contributed by atoms with E-state index in [1.807, 2.05) is 10.6 Å². The van der Waals surface area contributed by atoms with E-state index >= 15 is 0 Å². The number of hydrogen-bond donors (Lipinski definition) is 0. The quantitative estimate of drug-likeness (QED) is 0.807. The van der Waals surface area contributed by atoms with Crippen molar-refractivity contribution in [2.75, 3.05) is 19.5 Å². The van der Waals surface area contributed by atoms with Gasteiger partial charge in [-0.3, -0.25) is 0 Å². The summed E-state index contributed by atoms with van der Waals surface area (Å²) in [6.45, 7) is 2.26. The van der Waals surface area contributed by atoms with Crippen LogP contribution >= 0.6 is 11.6 Å². The number of hydrogen-bond acceptors (Lipinski definition) is 4. The molecule has 0 saturated carbocycles. The Morgan fingerprint density at radius 1 is 1.48 bits per heavy atom. The van der Waals surface area contributed by atoms with Crippen LogP contribution in [0.2, 0.25) is 0 Å². The highest BCUT2D eigenvalue weighted by Gasteiger charge is 2.22. The molecule has 1 fully saturated rings. The number of rotatable bonds is 4. The molecule has 3 rings (SSSR count). The molecule has 0 amide bonds. The normalized spacial score (nSPS) is 19.4. The summed E-state index contributed by atoms with van der Waals surface area (Å²) in [4.78, 5) is 4.71. The van der Waals surface area contributed by atoms with E-state index in [0.29, 0.717) is 17.3 Å². The summed E-state index contributed by atoms with van der Waals surface area (Å²) in [7, 11) is -3.31. The van der Waals surface area contributed by atoms with Gasteiger partial charge in [0.25, 0.3) is 0 Å². The van der Waals surface area contributed by atoms with Crippen LogP contribution in [0.5, 0.6) is 0 Å². The zero-order chi connectivity index (χ0) is 15.0. The zero-order valence-electron chi connectivity index (χ0n) is 11.8. The third kappa shape index (κ3) is 2.80. The van der Waals surface area contributed by atoms with Gasteiger partial charge in [0.05, 0.1) is 22.9 Å². The number of nitrogens with zero attached hydrogens (tertiary/aromatic N) is 2. The van der Waals surface area contributed by atoms with Crippen molar-refractivity contribution in [2.24, 2.45) is 5.92 Å². The minimum Gasteiger partial charge on any atom is -0.381 e. The molecule has 7 heteroatoms. The van der Waals surface area contributed by atoms with Crippen LogP contribution in [0.25, 0.3) is 11.0 Å². The maximum atomic E-state index is 11.9. The van der Waals surface area contributed by atoms with Gasteiger partial charge in [-0.1, -0.05) is 6.07 Å². The number of aromatic nitrogens is 2. The molecular weight excluding hydrogens is 312 g/mol. The summed E-state index contributed by atoms with van der Waals surface area (Å²) in [6, 6.07) is 5.23. The number of benzene rings is 1. The minimum atomic E-state index is -3.31. The first-order chi connectivity index (χ1) is 10.0. The molecule has 0 radical (unpaired) electrons. The second-order valence-electron chi connectivity index (χ2n) is 5.40. The highest BCUT2D eigenvalue weighted by molar-refractivity contribution is 7.91. The predicted octanol–water partition coefficient (Wildman–Crippen LogP) is 2.22. The predicted molar refractivity (Wildman–Crippen MR) is 81.3 cm³/mol. The van der Waals surface area contributed by atoms with Crippen LogP contribution < -0.4 is 0 Å². The Balaban J connectivity index is 2.14. The second-order valence-corrected chi connectivity index (χ2v) is 7.65. The van der Waals surface area contributed by atoms with Gasteiger partial charge in [-0.15, -0.1) is 11.6 Å². The number of para-hydroxylation sites is 1. The van der Waals surface area contributed by atoms with E-state index in [4.69, 9.17) is 16.3 Å². The second kappa shape index (κ2) is 5.59. The monoisotopic (exact) mass is 328 g/mol. The number of imidazole rings is 1. The molecule has 2 aromatic rings. The summed E-state index contributed by atoms with van der Waals surface area (Å²) in [5.74, 6) is 1.38. The molecule has 1 aliphatic rings. The van der Waals surface area contributed by atoms with Crippen LogP contribution in [-0.4, -0.2) is 37.4 Å². The lowest BCUT2D eigenvalue weighted by atomic mass is 10.1. The van der Waals surface area contributed by atoms with Crippen molar-refractivity contribution in [3.8, 4) is 0 Å². The summed E-state index contributed by atoms with van der Waals surface area (Å²) < 4.78 is 31.2. The summed E-state index contributed by atoms with van der Waals surface area (Å²) >= 11 is 5.99. The molecule has 1 aliphatic heterocycles. The molecule has 5 nitrogen and oxygen atoms in total. The van der Waals surface area contributed by atoms with E-state index in [1.165, 1.54) is 6.26 Å². The molecule has 1 aromatic carbocycles. The summed E-state index contributed by atoms with van der Waals surface area (Å²) in [5.41, 5.74) is 1.33. The molecule has 21 heavy (non-hydrogen) atoms. The van der Waals surface area contributed by atoms with Gasteiger partial charge in [0.15, 0.2) is 9.84 Å². The van der Waals surface area contributed by atoms with Crippen molar-refractivity contribution >= 4 is 32.5 Å². The first kappa shape index (κ1) is 14.8. The number of alkyl halides is 1.